The molecule has 0 aliphatic rings. The number of anilines is 1. The number of alkyl halides is 2. The van der Waals surface area contributed by atoms with E-state index in [4.69, 9.17) is 4.74 Å². The maximum atomic E-state index is 14.8. The molecule has 3 nitrogen and oxygen atoms in total. The molecule has 122 valence electrons. The lowest BCUT2D eigenvalue weighted by Gasteiger charge is -2.31. The van der Waals surface area contributed by atoms with E-state index in [1.807, 2.05) is 0 Å². The van der Waals surface area contributed by atoms with E-state index in [1.54, 1.807) is 42.5 Å². The second kappa shape index (κ2) is 7.22. The van der Waals surface area contributed by atoms with E-state index >= 15 is 0 Å². The Morgan fingerprint density at radius 3 is 2.22 bits per heavy atom. The van der Waals surface area contributed by atoms with Gasteiger partial charge in [-0.3, -0.25) is 0 Å². The minimum atomic E-state index is -3.19. The van der Waals surface area contributed by atoms with E-state index in [0.717, 1.165) is 0 Å². The summed E-state index contributed by atoms with van der Waals surface area (Å²) in [6.07, 6.45) is 0.540. The first-order chi connectivity index (χ1) is 11.0. The molecule has 0 spiro atoms. The Morgan fingerprint density at radius 2 is 1.70 bits per heavy atom. The van der Waals surface area contributed by atoms with Crippen LogP contribution in [0.3, 0.4) is 0 Å². The van der Waals surface area contributed by atoms with Crippen molar-refractivity contribution in [3.8, 4) is 5.75 Å². The number of halogens is 2. The zero-order chi connectivity index (χ0) is 16.9. The SMILES string of the molecule is COc1ccc(N[C@@H]([C@@H](C)C=O)C(F)(F)c2ccccc2)cc1. The van der Waals surface area contributed by atoms with Crippen molar-refractivity contribution < 1.29 is 18.3 Å². The zero-order valence-electron chi connectivity index (χ0n) is 13.0. The first kappa shape index (κ1) is 16.9. The average molecular weight is 319 g/mol. The molecule has 5 heteroatoms. The van der Waals surface area contributed by atoms with Crippen LogP contribution in [-0.2, 0) is 10.7 Å². The van der Waals surface area contributed by atoms with Crippen molar-refractivity contribution in [1.29, 1.82) is 0 Å². The smallest absolute Gasteiger partial charge is 0.293 e. The third-order valence-corrected chi connectivity index (χ3v) is 3.70. The second-order valence-corrected chi connectivity index (χ2v) is 5.33. The van der Waals surface area contributed by atoms with Gasteiger partial charge in [0.05, 0.1) is 7.11 Å². The maximum Gasteiger partial charge on any atom is 0.293 e. The molecule has 0 unspecified atom stereocenters. The summed E-state index contributed by atoms with van der Waals surface area (Å²) in [5.74, 6) is -3.43. The minimum Gasteiger partial charge on any atom is -0.497 e. The largest absolute Gasteiger partial charge is 0.497 e. The van der Waals surface area contributed by atoms with Crippen LogP contribution in [-0.4, -0.2) is 19.4 Å². The standard InChI is InChI=1S/C18H19F2NO2/c1-13(12-22)17(18(19,20)14-6-4-3-5-7-14)21-15-8-10-16(23-2)11-9-15/h3-13,17,21H,1-2H3/t13-,17-/m0/s1. The molecule has 0 aromatic heterocycles. The Balaban J connectivity index is 2.31. The number of aldehydes is 1. The van der Waals surface area contributed by atoms with Crippen molar-refractivity contribution in [3.05, 3.63) is 60.2 Å². The summed E-state index contributed by atoms with van der Waals surface area (Å²) in [5.41, 5.74) is 0.375. The number of rotatable bonds is 7. The van der Waals surface area contributed by atoms with Crippen LogP contribution in [0.25, 0.3) is 0 Å². The quantitative estimate of drug-likeness (QED) is 0.781. The molecule has 23 heavy (non-hydrogen) atoms. The van der Waals surface area contributed by atoms with E-state index in [0.29, 0.717) is 17.7 Å². The predicted molar refractivity (Wildman–Crippen MR) is 86.0 cm³/mol. The van der Waals surface area contributed by atoms with E-state index < -0.39 is 17.9 Å². The van der Waals surface area contributed by atoms with E-state index in [9.17, 15) is 13.6 Å². The molecule has 2 atom stereocenters. The molecule has 0 fully saturated rings. The summed E-state index contributed by atoms with van der Waals surface area (Å²) in [5, 5.41) is 2.78. The minimum absolute atomic E-state index is 0.125. The Labute approximate surface area is 134 Å². The highest BCUT2D eigenvalue weighted by molar-refractivity contribution is 5.58. The highest BCUT2D eigenvalue weighted by atomic mass is 19.3. The Bertz CT molecular complexity index is 629. The van der Waals surface area contributed by atoms with Gasteiger partial charge >= 0.3 is 0 Å². The van der Waals surface area contributed by atoms with Crippen molar-refractivity contribution >= 4 is 12.0 Å². The third kappa shape index (κ3) is 3.86. The molecular weight excluding hydrogens is 300 g/mol. The van der Waals surface area contributed by atoms with Gasteiger partial charge in [-0.25, -0.2) is 0 Å². The maximum absolute atomic E-state index is 14.8. The van der Waals surface area contributed by atoms with Crippen molar-refractivity contribution in [1.82, 2.24) is 0 Å². The van der Waals surface area contributed by atoms with Crippen LogP contribution in [0.5, 0.6) is 5.75 Å². The van der Waals surface area contributed by atoms with Crippen LogP contribution >= 0.6 is 0 Å². The lowest BCUT2D eigenvalue weighted by Crippen LogP contribution is -2.43. The monoisotopic (exact) mass is 319 g/mol. The lowest BCUT2D eigenvalue weighted by molar-refractivity contribution is -0.115. The summed E-state index contributed by atoms with van der Waals surface area (Å²) >= 11 is 0. The van der Waals surface area contributed by atoms with Gasteiger partial charge in [-0.05, 0) is 24.3 Å². The fourth-order valence-electron chi connectivity index (χ4n) is 2.34. The Morgan fingerprint density at radius 1 is 1.09 bits per heavy atom. The van der Waals surface area contributed by atoms with E-state index in [2.05, 4.69) is 5.32 Å². The van der Waals surface area contributed by atoms with Crippen LogP contribution in [0.4, 0.5) is 14.5 Å². The van der Waals surface area contributed by atoms with E-state index in [1.165, 1.54) is 26.2 Å². The molecule has 0 aliphatic heterocycles. The fraction of sp³-hybridized carbons (Fsp3) is 0.278. The van der Waals surface area contributed by atoms with Gasteiger partial charge in [0.1, 0.15) is 18.1 Å². The molecule has 0 bridgehead atoms. The van der Waals surface area contributed by atoms with Crippen LogP contribution in [0, 0.1) is 5.92 Å². The predicted octanol–water partition coefficient (Wildman–Crippen LogP) is 4.10. The number of carbonyl (C=O) groups is 1. The number of carbonyl (C=O) groups excluding carboxylic acids is 1. The molecule has 1 N–H and O–H groups in total. The number of methoxy groups -OCH3 is 1. The molecule has 0 aliphatic carbocycles. The highest BCUT2D eigenvalue weighted by Crippen LogP contribution is 2.36. The van der Waals surface area contributed by atoms with Crippen LogP contribution in [0.1, 0.15) is 12.5 Å². The molecule has 0 saturated carbocycles. The van der Waals surface area contributed by atoms with Gasteiger partial charge in [-0.1, -0.05) is 37.3 Å². The van der Waals surface area contributed by atoms with Crippen molar-refractivity contribution in [2.75, 3.05) is 12.4 Å². The second-order valence-electron chi connectivity index (χ2n) is 5.33. The lowest BCUT2D eigenvalue weighted by atomic mass is 9.91. The third-order valence-electron chi connectivity index (χ3n) is 3.70. The first-order valence-electron chi connectivity index (χ1n) is 7.28. The van der Waals surface area contributed by atoms with Gasteiger partial charge in [0.2, 0.25) is 0 Å². The number of ether oxygens (including phenoxy) is 1. The van der Waals surface area contributed by atoms with Gasteiger partial charge in [-0.2, -0.15) is 8.78 Å². The molecule has 0 saturated heterocycles. The summed E-state index contributed by atoms with van der Waals surface area (Å²) in [6.45, 7) is 1.48. The highest BCUT2D eigenvalue weighted by Gasteiger charge is 2.44. The van der Waals surface area contributed by atoms with E-state index in [-0.39, 0.29) is 5.56 Å². The number of nitrogens with one attached hydrogen (secondary N) is 1. The topological polar surface area (TPSA) is 38.3 Å². The van der Waals surface area contributed by atoms with Crippen molar-refractivity contribution in [2.24, 2.45) is 5.92 Å². The van der Waals surface area contributed by atoms with Gasteiger partial charge in [0.25, 0.3) is 5.92 Å². The molecule has 0 amide bonds. The van der Waals surface area contributed by atoms with Crippen LogP contribution in [0.2, 0.25) is 0 Å². The summed E-state index contributed by atoms with van der Waals surface area (Å²) < 4.78 is 34.7. The molecular formula is C18H19F2NO2. The number of benzene rings is 2. The normalized spacial score (nSPS) is 13.9. The first-order valence-corrected chi connectivity index (χ1v) is 7.28. The number of hydrogen-bond acceptors (Lipinski definition) is 3. The molecule has 0 radical (unpaired) electrons. The summed E-state index contributed by atoms with van der Waals surface area (Å²) in [7, 11) is 1.53. The van der Waals surface area contributed by atoms with Crippen LogP contribution < -0.4 is 10.1 Å². The van der Waals surface area contributed by atoms with Gasteiger partial charge in [0, 0.05) is 17.2 Å². The Kier molecular flexibility index (Phi) is 5.32. The fourth-order valence-corrected chi connectivity index (χ4v) is 2.34. The summed E-state index contributed by atoms with van der Waals surface area (Å²) in [4.78, 5) is 11.1. The number of hydrogen-bond donors (Lipinski definition) is 1. The Hall–Kier alpha value is -2.43. The average Bonchev–Trinajstić information content (AvgIpc) is 2.60. The zero-order valence-corrected chi connectivity index (χ0v) is 13.0. The van der Waals surface area contributed by atoms with Gasteiger partial charge in [0.15, 0.2) is 0 Å². The van der Waals surface area contributed by atoms with Gasteiger partial charge < -0.3 is 14.8 Å². The molecule has 0 heterocycles. The van der Waals surface area contributed by atoms with Gasteiger partial charge in [-0.15, -0.1) is 0 Å². The van der Waals surface area contributed by atoms with Crippen LogP contribution in [0.15, 0.2) is 54.6 Å². The van der Waals surface area contributed by atoms with Crippen molar-refractivity contribution in [3.63, 3.8) is 0 Å². The molecule has 2 rings (SSSR count). The summed E-state index contributed by atoms with van der Waals surface area (Å²) in [6, 6.07) is 12.8. The molecule has 2 aromatic carbocycles. The molecule has 2 aromatic rings. The van der Waals surface area contributed by atoms with Crippen molar-refractivity contribution in [2.45, 2.75) is 18.9 Å².